The fourth-order valence-electron chi connectivity index (χ4n) is 3.95. The SMILES string of the molecule is COc1ccc(OCCCn2c(CN3CCCC3)nc3sc(C)c(C)c3c2=O)cc1. The van der Waals surface area contributed by atoms with E-state index in [0.29, 0.717) is 13.2 Å². The summed E-state index contributed by atoms with van der Waals surface area (Å²) in [6.07, 6.45) is 3.19. The number of aryl methyl sites for hydroxylation is 2. The van der Waals surface area contributed by atoms with Gasteiger partial charge in [0.2, 0.25) is 0 Å². The summed E-state index contributed by atoms with van der Waals surface area (Å²) in [5.74, 6) is 2.49. The van der Waals surface area contributed by atoms with Gasteiger partial charge in [0.1, 0.15) is 22.2 Å². The lowest BCUT2D eigenvalue weighted by Gasteiger charge is -2.18. The molecule has 0 amide bonds. The number of aromatic nitrogens is 2. The van der Waals surface area contributed by atoms with Crippen LogP contribution in [0.4, 0.5) is 0 Å². The van der Waals surface area contributed by atoms with Gasteiger partial charge < -0.3 is 9.47 Å². The average molecular weight is 428 g/mol. The number of rotatable bonds is 8. The Kier molecular flexibility index (Phi) is 6.39. The van der Waals surface area contributed by atoms with Crippen molar-refractivity contribution in [2.75, 3.05) is 26.8 Å². The van der Waals surface area contributed by atoms with Gasteiger partial charge in [0.15, 0.2) is 0 Å². The summed E-state index contributed by atoms with van der Waals surface area (Å²) in [5, 5.41) is 0.777. The number of hydrogen-bond donors (Lipinski definition) is 0. The van der Waals surface area contributed by atoms with E-state index < -0.39 is 0 Å². The molecule has 0 N–H and O–H groups in total. The van der Waals surface area contributed by atoms with E-state index in [9.17, 15) is 4.79 Å². The molecule has 3 aromatic rings. The minimum absolute atomic E-state index is 0.0838. The van der Waals surface area contributed by atoms with Crippen molar-refractivity contribution in [3.8, 4) is 11.5 Å². The first-order chi connectivity index (χ1) is 14.6. The number of nitrogens with zero attached hydrogens (tertiary/aromatic N) is 3. The predicted octanol–water partition coefficient (Wildman–Crippen LogP) is 4.15. The van der Waals surface area contributed by atoms with Crippen LogP contribution in [0.15, 0.2) is 29.1 Å². The van der Waals surface area contributed by atoms with Gasteiger partial charge in [0.25, 0.3) is 5.56 Å². The molecule has 160 valence electrons. The Hall–Kier alpha value is -2.38. The van der Waals surface area contributed by atoms with Gasteiger partial charge in [-0.2, -0.15) is 0 Å². The van der Waals surface area contributed by atoms with Gasteiger partial charge >= 0.3 is 0 Å². The highest BCUT2D eigenvalue weighted by Gasteiger charge is 2.19. The maximum absolute atomic E-state index is 13.3. The van der Waals surface area contributed by atoms with E-state index in [-0.39, 0.29) is 5.56 Å². The first-order valence-corrected chi connectivity index (χ1v) is 11.4. The Bertz CT molecular complexity index is 1070. The van der Waals surface area contributed by atoms with E-state index >= 15 is 0 Å². The minimum atomic E-state index is 0.0838. The summed E-state index contributed by atoms with van der Waals surface area (Å²) in [6, 6.07) is 7.56. The molecule has 6 nitrogen and oxygen atoms in total. The van der Waals surface area contributed by atoms with Crippen LogP contribution < -0.4 is 15.0 Å². The summed E-state index contributed by atoms with van der Waals surface area (Å²) < 4.78 is 12.9. The van der Waals surface area contributed by atoms with Gasteiger partial charge in [-0.3, -0.25) is 14.3 Å². The van der Waals surface area contributed by atoms with Gasteiger partial charge in [-0.05, 0) is 76.0 Å². The average Bonchev–Trinajstić information content (AvgIpc) is 3.35. The second kappa shape index (κ2) is 9.18. The summed E-state index contributed by atoms with van der Waals surface area (Å²) in [5.41, 5.74) is 1.14. The zero-order valence-corrected chi connectivity index (χ0v) is 18.8. The lowest BCUT2D eigenvalue weighted by atomic mass is 10.2. The van der Waals surface area contributed by atoms with Crippen molar-refractivity contribution in [1.29, 1.82) is 0 Å². The third-order valence-corrected chi connectivity index (χ3v) is 6.89. The lowest BCUT2D eigenvalue weighted by molar-refractivity contribution is 0.289. The molecule has 7 heteroatoms. The van der Waals surface area contributed by atoms with Crippen LogP contribution >= 0.6 is 11.3 Å². The van der Waals surface area contributed by atoms with E-state index in [1.807, 2.05) is 35.8 Å². The van der Waals surface area contributed by atoms with Crippen molar-refractivity contribution in [2.45, 2.75) is 46.2 Å². The largest absolute Gasteiger partial charge is 0.497 e. The first-order valence-electron chi connectivity index (χ1n) is 10.6. The van der Waals surface area contributed by atoms with Crippen LogP contribution in [0.5, 0.6) is 11.5 Å². The summed E-state index contributed by atoms with van der Waals surface area (Å²) in [7, 11) is 1.65. The molecule has 0 aliphatic carbocycles. The maximum Gasteiger partial charge on any atom is 0.262 e. The second-order valence-electron chi connectivity index (χ2n) is 7.81. The van der Waals surface area contributed by atoms with Crippen molar-refractivity contribution in [2.24, 2.45) is 0 Å². The van der Waals surface area contributed by atoms with Crippen LogP contribution in [-0.2, 0) is 13.1 Å². The molecule has 0 bridgehead atoms. The van der Waals surface area contributed by atoms with Crippen LogP contribution in [0, 0.1) is 13.8 Å². The normalized spacial score (nSPS) is 14.5. The highest BCUT2D eigenvalue weighted by Crippen LogP contribution is 2.27. The third kappa shape index (κ3) is 4.37. The predicted molar refractivity (Wildman–Crippen MR) is 121 cm³/mol. The topological polar surface area (TPSA) is 56.6 Å². The Labute approximate surface area is 181 Å². The highest BCUT2D eigenvalue weighted by molar-refractivity contribution is 7.18. The van der Waals surface area contributed by atoms with Gasteiger partial charge in [0.05, 0.1) is 25.6 Å². The lowest BCUT2D eigenvalue weighted by Crippen LogP contribution is -2.30. The van der Waals surface area contributed by atoms with E-state index in [1.54, 1.807) is 18.4 Å². The number of benzene rings is 1. The number of ether oxygens (including phenoxy) is 2. The molecule has 0 unspecified atom stereocenters. The molecule has 1 aliphatic heterocycles. The molecule has 0 radical (unpaired) electrons. The van der Waals surface area contributed by atoms with Crippen molar-refractivity contribution in [3.63, 3.8) is 0 Å². The maximum atomic E-state index is 13.3. The molecule has 3 heterocycles. The van der Waals surface area contributed by atoms with Crippen LogP contribution in [0.1, 0.15) is 35.5 Å². The van der Waals surface area contributed by atoms with Crippen molar-refractivity contribution in [3.05, 3.63) is 50.9 Å². The van der Waals surface area contributed by atoms with E-state index in [1.165, 1.54) is 17.7 Å². The van der Waals surface area contributed by atoms with Crippen LogP contribution in [-0.4, -0.2) is 41.3 Å². The zero-order chi connectivity index (χ0) is 21.1. The van der Waals surface area contributed by atoms with Gasteiger partial charge in [-0.15, -0.1) is 11.3 Å². The number of thiophene rings is 1. The van der Waals surface area contributed by atoms with E-state index in [2.05, 4.69) is 11.8 Å². The molecule has 1 fully saturated rings. The summed E-state index contributed by atoms with van der Waals surface area (Å²) in [4.78, 5) is 22.7. The first kappa shape index (κ1) is 20.9. The third-order valence-electron chi connectivity index (χ3n) is 5.79. The van der Waals surface area contributed by atoms with Crippen LogP contribution in [0.25, 0.3) is 10.2 Å². The molecule has 1 aliphatic rings. The monoisotopic (exact) mass is 427 g/mol. The van der Waals surface area contributed by atoms with E-state index in [4.69, 9.17) is 14.5 Å². The quantitative estimate of drug-likeness (QED) is 0.506. The number of methoxy groups -OCH3 is 1. The molecular formula is C23H29N3O3S. The molecule has 1 aromatic carbocycles. The fraction of sp³-hybridized carbons (Fsp3) is 0.478. The minimum Gasteiger partial charge on any atom is -0.497 e. The van der Waals surface area contributed by atoms with Gasteiger partial charge in [-0.1, -0.05) is 0 Å². The Balaban J connectivity index is 1.52. The summed E-state index contributed by atoms with van der Waals surface area (Å²) >= 11 is 1.62. The number of likely N-dealkylation sites (tertiary alicyclic amines) is 1. The zero-order valence-electron chi connectivity index (χ0n) is 17.9. The van der Waals surface area contributed by atoms with Crippen molar-refractivity contribution in [1.82, 2.24) is 14.5 Å². The van der Waals surface area contributed by atoms with Crippen LogP contribution in [0.2, 0.25) is 0 Å². The molecule has 30 heavy (non-hydrogen) atoms. The number of hydrogen-bond acceptors (Lipinski definition) is 6. The van der Waals surface area contributed by atoms with Gasteiger partial charge in [-0.25, -0.2) is 4.98 Å². The Morgan fingerprint density at radius 2 is 1.80 bits per heavy atom. The second-order valence-corrected chi connectivity index (χ2v) is 9.01. The van der Waals surface area contributed by atoms with Crippen molar-refractivity contribution >= 4 is 21.6 Å². The Morgan fingerprint density at radius 1 is 1.10 bits per heavy atom. The standard InChI is InChI=1S/C23H29N3O3S/c1-16-17(2)30-22-21(16)23(27)26(20(24-22)15-25-11-4-5-12-25)13-6-14-29-19-9-7-18(28-3)8-10-19/h7-10H,4-6,11-15H2,1-3H3. The molecule has 0 spiro atoms. The van der Waals surface area contributed by atoms with E-state index in [0.717, 1.165) is 59.2 Å². The summed E-state index contributed by atoms with van der Waals surface area (Å²) in [6.45, 7) is 8.13. The molecular weight excluding hydrogens is 398 g/mol. The van der Waals surface area contributed by atoms with Crippen molar-refractivity contribution < 1.29 is 9.47 Å². The molecule has 0 atom stereocenters. The molecule has 2 aromatic heterocycles. The number of fused-ring (bicyclic) bond motifs is 1. The van der Waals surface area contributed by atoms with Gasteiger partial charge in [0, 0.05) is 11.4 Å². The molecule has 4 rings (SSSR count). The fourth-order valence-corrected chi connectivity index (χ4v) is 4.98. The smallest absolute Gasteiger partial charge is 0.262 e. The molecule has 1 saturated heterocycles. The molecule has 0 saturated carbocycles. The Morgan fingerprint density at radius 3 is 2.50 bits per heavy atom. The highest BCUT2D eigenvalue weighted by atomic mass is 32.1. The van der Waals surface area contributed by atoms with Crippen LogP contribution in [0.3, 0.4) is 0 Å².